The van der Waals surface area contributed by atoms with E-state index in [1.165, 1.54) is 0 Å². The van der Waals surface area contributed by atoms with Crippen molar-refractivity contribution in [3.8, 4) is 0 Å². The third-order valence-corrected chi connectivity index (χ3v) is 4.55. The Balaban J connectivity index is 1.83. The Morgan fingerprint density at radius 1 is 1.29 bits per heavy atom. The molecule has 3 N–H and O–H groups in total. The molecule has 0 aliphatic carbocycles. The van der Waals surface area contributed by atoms with Crippen LogP contribution in [0.25, 0.3) is 0 Å². The highest BCUT2D eigenvalue weighted by Gasteiger charge is 2.17. The lowest BCUT2D eigenvalue weighted by molar-refractivity contribution is -0.134. The molecule has 0 bridgehead atoms. The van der Waals surface area contributed by atoms with E-state index >= 15 is 0 Å². The molecule has 0 radical (unpaired) electrons. The van der Waals surface area contributed by atoms with Gasteiger partial charge in [-0.3, -0.25) is 9.59 Å². The van der Waals surface area contributed by atoms with Crippen LogP contribution >= 0.6 is 11.8 Å². The minimum atomic E-state index is -0.500. The Morgan fingerprint density at radius 2 is 1.96 bits per heavy atom. The molecule has 1 aromatic rings. The zero-order valence-electron chi connectivity index (χ0n) is 14.0. The van der Waals surface area contributed by atoms with Gasteiger partial charge in [-0.1, -0.05) is 12.1 Å². The van der Waals surface area contributed by atoms with Gasteiger partial charge in [-0.25, -0.2) is 0 Å². The van der Waals surface area contributed by atoms with Gasteiger partial charge in [0.2, 0.25) is 11.8 Å². The molecule has 6 nitrogen and oxygen atoms in total. The van der Waals surface area contributed by atoms with Gasteiger partial charge in [0, 0.05) is 18.8 Å². The predicted octanol–water partition coefficient (Wildman–Crippen LogP) is 1.11. The fraction of sp³-hybridized carbons (Fsp3) is 0.529. The number of ether oxygens (including phenoxy) is 1. The van der Waals surface area contributed by atoms with Crippen LogP contribution in [0.2, 0.25) is 0 Å². The van der Waals surface area contributed by atoms with Crippen molar-refractivity contribution >= 4 is 29.3 Å². The predicted molar refractivity (Wildman–Crippen MR) is 97.1 cm³/mol. The minimum absolute atomic E-state index is 0.106. The highest BCUT2D eigenvalue weighted by molar-refractivity contribution is 7.98. The van der Waals surface area contributed by atoms with Crippen molar-refractivity contribution < 1.29 is 14.3 Å². The zero-order chi connectivity index (χ0) is 17.4. The molecule has 1 aromatic carbocycles. The van der Waals surface area contributed by atoms with Crippen LogP contribution in [0.4, 0.5) is 5.69 Å². The summed E-state index contributed by atoms with van der Waals surface area (Å²) in [4.78, 5) is 26.0. The van der Waals surface area contributed by atoms with Crippen LogP contribution in [0.5, 0.6) is 0 Å². The van der Waals surface area contributed by atoms with Gasteiger partial charge in [0.05, 0.1) is 25.7 Å². The summed E-state index contributed by atoms with van der Waals surface area (Å²) < 4.78 is 5.25. The topological polar surface area (TPSA) is 84.7 Å². The van der Waals surface area contributed by atoms with Crippen molar-refractivity contribution in [2.75, 3.05) is 43.6 Å². The summed E-state index contributed by atoms with van der Waals surface area (Å²) >= 11 is 1.67. The molecule has 7 heteroatoms. The number of carbonyl (C=O) groups is 2. The van der Waals surface area contributed by atoms with Crippen molar-refractivity contribution in [2.24, 2.45) is 5.73 Å². The SMILES string of the molecule is CSCCC(N)C(=O)Nc1ccc(CC(=O)N2CCOCC2)cc1. The number of morpholine rings is 1. The van der Waals surface area contributed by atoms with Crippen molar-refractivity contribution in [2.45, 2.75) is 18.9 Å². The summed E-state index contributed by atoms with van der Waals surface area (Å²) in [5.41, 5.74) is 7.47. The number of nitrogens with one attached hydrogen (secondary N) is 1. The number of nitrogens with zero attached hydrogens (tertiary/aromatic N) is 1. The number of thioether (sulfide) groups is 1. The molecule has 1 aliphatic rings. The molecule has 0 spiro atoms. The quantitative estimate of drug-likeness (QED) is 0.769. The molecule has 1 fully saturated rings. The lowest BCUT2D eigenvalue weighted by atomic mass is 10.1. The van der Waals surface area contributed by atoms with E-state index in [0.29, 0.717) is 44.8 Å². The number of amides is 2. The largest absolute Gasteiger partial charge is 0.378 e. The van der Waals surface area contributed by atoms with Gasteiger partial charge in [0.1, 0.15) is 0 Å². The molecule has 1 aliphatic heterocycles. The molecular formula is C17H25N3O3S. The fourth-order valence-electron chi connectivity index (χ4n) is 2.42. The number of rotatable bonds is 7. The highest BCUT2D eigenvalue weighted by atomic mass is 32.2. The Labute approximate surface area is 147 Å². The number of nitrogens with two attached hydrogens (primary N) is 1. The third-order valence-electron chi connectivity index (χ3n) is 3.91. The van der Waals surface area contributed by atoms with Crippen LogP contribution in [0.15, 0.2) is 24.3 Å². The van der Waals surface area contributed by atoms with E-state index in [0.717, 1.165) is 11.3 Å². The molecule has 1 heterocycles. The van der Waals surface area contributed by atoms with Gasteiger partial charge in [-0.2, -0.15) is 11.8 Å². The molecule has 132 valence electrons. The lowest BCUT2D eigenvalue weighted by Gasteiger charge is -2.26. The first-order valence-electron chi connectivity index (χ1n) is 8.10. The van der Waals surface area contributed by atoms with Gasteiger partial charge in [-0.05, 0) is 36.1 Å². The zero-order valence-corrected chi connectivity index (χ0v) is 14.8. The van der Waals surface area contributed by atoms with Gasteiger partial charge in [-0.15, -0.1) is 0 Å². The Kier molecular flexibility index (Phi) is 7.55. The second-order valence-electron chi connectivity index (χ2n) is 5.74. The molecule has 1 unspecified atom stereocenters. The molecule has 0 aromatic heterocycles. The maximum Gasteiger partial charge on any atom is 0.241 e. The van der Waals surface area contributed by atoms with Crippen LogP contribution in [0, 0.1) is 0 Å². The van der Waals surface area contributed by atoms with Crippen LogP contribution in [0.1, 0.15) is 12.0 Å². The summed E-state index contributed by atoms with van der Waals surface area (Å²) in [7, 11) is 0. The number of carbonyl (C=O) groups excluding carboxylic acids is 2. The molecule has 1 atom stereocenters. The summed E-state index contributed by atoms with van der Waals surface area (Å²) in [6, 6.07) is 6.84. The van der Waals surface area contributed by atoms with Crippen LogP contribution in [-0.2, 0) is 20.7 Å². The van der Waals surface area contributed by atoms with Gasteiger partial charge >= 0.3 is 0 Å². The van der Waals surface area contributed by atoms with E-state index in [9.17, 15) is 9.59 Å². The lowest BCUT2D eigenvalue weighted by Crippen LogP contribution is -2.41. The van der Waals surface area contributed by atoms with Gasteiger partial charge in [0.15, 0.2) is 0 Å². The van der Waals surface area contributed by atoms with E-state index in [-0.39, 0.29) is 11.8 Å². The smallest absolute Gasteiger partial charge is 0.241 e. The van der Waals surface area contributed by atoms with Crippen molar-refractivity contribution in [1.82, 2.24) is 4.90 Å². The van der Waals surface area contributed by atoms with E-state index in [1.807, 2.05) is 23.3 Å². The van der Waals surface area contributed by atoms with Crippen LogP contribution < -0.4 is 11.1 Å². The monoisotopic (exact) mass is 351 g/mol. The van der Waals surface area contributed by atoms with Gasteiger partial charge < -0.3 is 20.7 Å². The van der Waals surface area contributed by atoms with Gasteiger partial charge in [0.25, 0.3) is 0 Å². The van der Waals surface area contributed by atoms with E-state index < -0.39 is 6.04 Å². The number of hydrogen-bond donors (Lipinski definition) is 2. The first-order chi connectivity index (χ1) is 11.6. The minimum Gasteiger partial charge on any atom is -0.378 e. The second-order valence-corrected chi connectivity index (χ2v) is 6.73. The number of anilines is 1. The molecule has 2 rings (SSSR count). The van der Waals surface area contributed by atoms with Crippen LogP contribution in [-0.4, -0.2) is 61.1 Å². The fourth-order valence-corrected chi connectivity index (χ4v) is 2.91. The van der Waals surface area contributed by atoms with E-state index in [4.69, 9.17) is 10.5 Å². The molecule has 1 saturated heterocycles. The van der Waals surface area contributed by atoms with Crippen molar-refractivity contribution in [3.63, 3.8) is 0 Å². The maximum absolute atomic E-state index is 12.2. The Morgan fingerprint density at radius 3 is 2.58 bits per heavy atom. The average Bonchev–Trinajstić information content (AvgIpc) is 2.62. The Hall–Kier alpha value is -1.57. The second kappa shape index (κ2) is 9.66. The van der Waals surface area contributed by atoms with E-state index in [1.54, 1.807) is 23.9 Å². The summed E-state index contributed by atoms with van der Waals surface area (Å²) in [5.74, 6) is 0.785. The van der Waals surface area contributed by atoms with E-state index in [2.05, 4.69) is 5.32 Å². The van der Waals surface area contributed by atoms with Crippen molar-refractivity contribution in [1.29, 1.82) is 0 Å². The summed E-state index contributed by atoms with van der Waals surface area (Å²) in [6.07, 6.45) is 3.00. The first-order valence-corrected chi connectivity index (χ1v) is 9.49. The first kappa shape index (κ1) is 18.8. The maximum atomic E-state index is 12.2. The normalized spacial score (nSPS) is 15.8. The Bertz CT molecular complexity index is 545. The van der Waals surface area contributed by atoms with Crippen LogP contribution in [0.3, 0.4) is 0 Å². The molecule has 2 amide bonds. The van der Waals surface area contributed by atoms with Crippen molar-refractivity contribution in [3.05, 3.63) is 29.8 Å². The third kappa shape index (κ3) is 5.81. The summed E-state index contributed by atoms with van der Waals surface area (Å²) in [5, 5.41) is 2.81. The standard InChI is InChI=1S/C17H25N3O3S/c1-24-11-6-15(18)17(22)19-14-4-2-13(3-5-14)12-16(21)20-7-9-23-10-8-20/h2-5,15H,6-12,18H2,1H3,(H,19,22). The summed E-state index contributed by atoms with van der Waals surface area (Å²) in [6.45, 7) is 2.52. The highest BCUT2D eigenvalue weighted by Crippen LogP contribution is 2.12. The molecular weight excluding hydrogens is 326 g/mol. The molecule has 0 saturated carbocycles. The average molecular weight is 351 g/mol. The number of benzene rings is 1. The number of hydrogen-bond acceptors (Lipinski definition) is 5. The molecule has 24 heavy (non-hydrogen) atoms.